The monoisotopic (exact) mass is 329 g/mol. The summed E-state index contributed by atoms with van der Waals surface area (Å²) >= 11 is 0. The summed E-state index contributed by atoms with van der Waals surface area (Å²) in [6.45, 7) is 1.49. The van der Waals surface area contributed by atoms with Crippen LogP contribution >= 0.6 is 0 Å². The Hall–Kier alpha value is -1.51. The fourth-order valence-electron chi connectivity index (χ4n) is 1.81. The van der Waals surface area contributed by atoms with Crippen LogP contribution in [-0.4, -0.2) is 56.7 Å². The topological polar surface area (TPSA) is 88.6 Å². The van der Waals surface area contributed by atoms with E-state index >= 15 is 0 Å². The predicted molar refractivity (Wildman–Crippen MR) is 83.6 cm³/mol. The minimum absolute atomic E-state index is 0.130. The second kappa shape index (κ2) is 9.50. The lowest BCUT2D eigenvalue weighted by Crippen LogP contribution is -2.34. The molecule has 0 unspecified atom stereocenters. The molecule has 1 rings (SSSR count). The molecule has 1 heterocycles. The van der Waals surface area contributed by atoms with Gasteiger partial charge in [-0.1, -0.05) is 0 Å². The van der Waals surface area contributed by atoms with Crippen molar-refractivity contribution in [3.8, 4) is 0 Å². The highest BCUT2D eigenvalue weighted by Gasteiger charge is 2.18. The summed E-state index contributed by atoms with van der Waals surface area (Å²) in [5.74, 6) is -0.167. The van der Waals surface area contributed by atoms with Crippen LogP contribution < -0.4 is 5.32 Å². The number of amides is 1. The van der Waals surface area contributed by atoms with Crippen LogP contribution in [0.1, 0.15) is 18.4 Å². The van der Waals surface area contributed by atoms with Gasteiger partial charge in [0.25, 0.3) is 0 Å². The first-order valence-corrected chi connectivity index (χ1v) is 8.88. The predicted octanol–water partition coefficient (Wildman–Crippen LogP) is 0.386. The molecule has 0 saturated carbocycles. The number of sulfonamides is 1. The molecule has 1 amide bonds. The number of methoxy groups -OCH3 is 1. The number of rotatable bonds is 10. The van der Waals surface area contributed by atoms with E-state index in [-0.39, 0.29) is 25.4 Å². The summed E-state index contributed by atoms with van der Waals surface area (Å²) in [4.78, 5) is 15.6. The van der Waals surface area contributed by atoms with Gasteiger partial charge in [-0.3, -0.25) is 9.78 Å². The first-order valence-electron chi connectivity index (χ1n) is 7.03. The van der Waals surface area contributed by atoms with E-state index in [1.807, 2.05) is 0 Å². The normalized spacial score (nSPS) is 11.6. The number of hydrogen-bond acceptors (Lipinski definition) is 5. The van der Waals surface area contributed by atoms with Gasteiger partial charge in [0, 0.05) is 52.2 Å². The van der Waals surface area contributed by atoms with Crippen molar-refractivity contribution < 1.29 is 17.9 Å². The molecule has 0 fully saturated rings. The third-order valence-corrected chi connectivity index (χ3v) is 4.26. The number of carbonyl (C=O) groups excluding carboxylic acids is 1. The van der Waals surface area contributed by atoms with E-state index < -0.39 is 10.0 Å². The summed E-state index contributed by atoms with van der Waals surface area (Å²) in [7, 11) is -1.77. The van der Waals surface area contributed by atoms with Crippen molar-refractivity contribution in [3.05, 3.63) is 30.1 Å². The van der Waals surface area contributed by atoms with Crippen molar-refractivity contribution in [2.75, 3.05) is 33.1 Å². The molecule has 1 aromatic heterocycles. The van der Waals surface area contributed by atoms with Gasteiger partial charge < -0.3 is 10.1 Å². The zero-order valence-corrected chi connectivity index (χ0v) is 13.8. The van der Waals surface area contributed by atoms with Crippen LogP contribution in [0.3, 0.4) is 0 Å². The van der Waals surface area contributed by atoms with Gasteiger partial charge in [-0.15, -0.1) is 0 Å². The zero-order valence-electron chi connectivity index (χ0n) is 13.0. The lowest BCUT2D eigenvalue weighted by molar-refractivity contribution is -0.121. The minimum Gasteiger partial charge on any atom is -0.385 e. The van der Waals surface area contributed by atoms with Gasteiger partial charge in [0.1, 0.15) is 0 Å². The molecule has 0 aromatic carbocycles. The number of pyridine rings is 1. The molecule has 124 valence electrons. The standard InChI is InChI=1S/C14H23N3O4S/c1-21-11-3-7-16-14(18)6-10-17(22(2,19)20)12-13-4-8-15-9-5-13/h4-5,8-9H,3,6-7,10-12H2,1-2H3,(H,16,18). The number of carbonyl (C=O) groups is 1. The van der Waals surface area contributed by atoms with Crippen molar-refractivity contribution >= 4 is 15.9 Å². The van der Waals surface area contributed by atoms with Gasteiger partial charge in [-0.2, -0.15) is 4.31 Å². The quantitative estimate of drug-likeness (QED) is 0.627. The molecule has 7 nitrogen and oxygen atoms in total. The molecular weight excluding hydrogens is 306 g/mol. The van der Waals surface area contributed by atoms with E-state index in [4.69, 9.17) is 4.74 Å². The van der Waals surface area contributed by atoms with E-state index in [9.17, 15) is 13.2 Å². The molecule has 1 aromatic rings. The van der Waals surface area contributed by atoms with Gasteiger partial charge in [0.15, 0.2) is 0 Å². The van der Waals surface area contributed by atoms with E-state index in [2.05, 4.69) is 10.3 Å². The Morgan fingerprint density at radius 3 is 2.64 bits per heavy atom. The molecule has 22 heavy (non-hydrogen) atoms. The highest BCUT2D eigenvalue weighted by atomic mass is 32.2. The first-order chi connectivity index (χ1) is 10.4. The summed E-state index contributed by atoms with van der Waals surface area (Å²) < 4.78 is 29.8. The Morgan fingerprint density at radius 2 is 2.05 bits per heavy atom. The molecule has 0 aliphatic heterocycles. The lowest BCUT2D eigenvalue weighted by Gasteiger charge is -2.19. The second-order valence-corrected chi connectivity index (χ2v) is 6.88. The maximum Gasteiger partial charge on any atom is 0.221 e. The summed E-state index contributed by atoms with van der Waals surface area (Å²) in [6, 6.07) is 3.51. The van der Waals surface area contributed by atoms with Crippen LogP contribution in [0, 0.1) is 0 Å². The van der Waals surface area contributed by atoms with Crippen LogP contribution in [0.15, 0.2) is 24.5 Å². The van der Waals surface area contributed by atoms with E-state index in [1.165, 1.54) is 4.31 Å². The van der Waals surface area contributed by atoms with E-state index in [0.29, 0.717) is 13.2 Å². The molecule has 0 radical (unpaired) electrons. The maximum absolute atomic E-state index is 11.8. The molecule has 0 atom stereocenters. The van der Waals surface area contributed by atoms with Crippen molar-refractivity contribution in [1.82, 2.24) is 14.6 Å². The molecule has 0 saturated heterocycles. The third kappa shape index (κ3) is 7.48. The Labute approximate surface area is 131 Å². The van der Waals surface area contributed by atoms with Crippen LogP contribution in [-0.2, 0) is 26.1 Å². The number of nitrogens with one attached hydrogen (secondary N) is 1. The maximum atomic E-state index is 11.8. The molecule has 8 heteroatoms. The van der Waals surface area contributed by atoms with Gasteiger partial charge in [-0.05, 0) is 24.1 Å². The number of nitrogens with zero attached hydrogens (tertiary/aromatic N) is 2. The summed E-state index contributed by atoms with van der Waals surface area (Å²) in [5.41, 5.74) is 0.834. The summed E-state index contributed by atoms with van der Waals surface area (Å²) in [5, 5.41) is 2.74. The number of ether oxygens (including phenoxy) is 1. The highest BCUT2D eigenvalue weighted by molar-refractivity contribution is 7.88. The molecule has 0 aliphatic carbocycles. The lowest BCUT2D eigenvalue weighted by atomic mass is 10.2. The van der Waals surface area contributed by atoms with Gasteiger partial charge in [0.05, 0.1) is 6.26 Å². The van der Waals surface area contributed by atoms with Gasteiger partial charge in [-0.25, -0.2) is 8.42 Å². The molecule has 1 N–H and O–H groups in total. The van der Waals surface area contributed by atoms with Crippen molar-refractivity contribution in [2.45, 2.75) is 19.4 Å². The SMILES string of the molecule is COCCCNC(=O)CCN(Cc1ccncc1)S(C)(=O)=O. The van der Waals surface area contributed by atoms with E-state index in [1.54, 1.807) is 31.6 Å². The Kier molecular flexibility index (Phi) is 8.00. The Morgan fingerprint density at radius 1 is 1.36 bits per heavy atom. The summed E-state index contributed by atoms with van der Waals surface area (Å²) in [6.07, 6.45) is 5.22. The smallest absolute Gasteiger partial charge is 0.221 e. The Balaban J connectivity index is 2.48. The minimum atomic E-state index is -3.37. The van der Waals surface area contributed by atoms with Crippen LogP contribution in [0.25, 0.3) is 0 Å². The molecule has 0 aliphatic rings. The fraction of sp³-hybridized carbons (Fsp3) is 0.571. The van der Waals surface area contributed by atoms with Gasteiger partial charge >= 0.3 is 0 Å². The van der Waals surface area contributed by atoms with Crippen molar-refractivity contribution in [3.63, 3.8) is 0 Å². The van der Waals surface area contributed by atoms with Crippen LogP contribution in [0.4, 0.5) is 0 Å². The largest absolute Gasteiger partial charge is 0.385 e. The zero-order chi connectivity index (χ0) is 16.4. The third-order valence-electron chi connectivity index (χ3n) is 3.01. The first kappa shape index (κ1) is 18.5. The fourth-order valence-corrected chi connectivity index (χ4v) is 2.62. The van der Waals surface area contributed by atoms with Crippen LogP contribution in [0.5, 0.6) is 0 Å². The van der Waals surface area contributed by atoms with Crippen molar-refractivity contribution in [1.29, 1.82) is 0 Å². The average molecular weight is 329 g/mol. The second-order valence-electron chi connectivity index (χ2n) is 4.90. The highest BCUT2D eigenvalue weighted by Crippen LogP contribution is 2.08. The van der Waals surface area contributed by atoms with E-state index in [0.717, 1.165) is 18.2 Å². The van der Waals surface area contributed by atoms with Crippen molar-refractivity contribution in [2.24, 2.45) is 0 Å². The number of aromatic nitrogens is 1. The van der Waals surface area contributed by atoms with Gasteiger partial charge in [0.2, 0.25) is 15.9 Å². The molecule has 0 bridgehead atoms. The van der Waals surface area contributed by atoms with Crippen LogP contribution in [0.2, 0.25) is 0 Å². The number of hydrogen-bond donors (Lipinski definition) is 1. The Bertz CT molecular complexity index is 548. The average Bonchev–Trinajstić information content (AvgIpc) is 2.48. The molecular formula is C14H23N3O4S. The molecule has 0 spiro atoms.